The molecule has 2 aliphatic heterocycles. The molecule has 0 spiro atoms. The molecule has 2 rings (SSSR count). The van der Waals surface area contributed by atoms with E-state index in [2.05, 4.69) is 0 Å². The second-order valence-corrected chi connectivity index (χ2v) is 5.73. The summed E-state index contributed by atoms with van der Waals surface area (Å²) in [5.74, 6) is 2.58. The van der Waals surface area contributed by atoms with Crippen LogP contribution in [0.3, 0.4) is 0 Å². The number of hydrogen-bond donors (Lipinski definition) is 0. The third-order valence-electron chi connectivity index (χ3n) is 1.78. The number of thioether (sulfide) groups is 2. The van der Waals surface area contributed by atoms with Gasteiger partial charge in [0.2, 0.25) is 0 Å². The summed E-state index contributed by atoms with van der Waals surface area (Å²) in [5, 5.41) is 1.59. The molecule has 4 heteroatoms. The topological polar surface area (TPSA) is 18.5 Å². The Morgan fingerprint density at radius 2 is 1.33 bits per heavy atom. The molecule has 0 bridgehead atoms. The van der Waals surface area contributed by atoms with Crippen LogP contribution in [0.25, 0.3) is 0 Å². The van der Waals surface area contributed by atoms with Gasteiger partial charge >= 0.3 is 0 Å². The first-order valence-electron chi connectivity index (χ1n) is 4.34. The van der Waals surface area contributed by atoms with Crippen LogP contribution in [0.2, 0.25) is 0 Å². The zero-order chi connectivity index (χ0) is 8.23. The maximum absolute atomic E-state index is 5.41. The molecule has 2 fully saturated rings. The second-order valence-electron chi connectivity index (χ2n) is 3.06. The van der Waals surface area contributed by atoms with Crippen LogP contribution in [0.1, 0.15) is 0 Å². The molecule has 0 aliphatic carbocycles. The quantitative estimate of drug-likeness (QED) is 0.461. The van der Waals surface area contributed by atoms with Crippen molar-refractivity contribution in [2.45, 2.75) is 10.5 Å². The summed E-state index contributed by atoms with van der Waals surface area (Å²) in [6.45, 7) is 3.39. The first kappa shape index (κ1) is 9.19. The highest BCUT2D eigenvalue weighted by Gasteiger charge is 2.23. The largest absolute Gasteiger partial charge is 0.378 e. The van der Waals surface area contributed by atoms with E-state index in [1.807, 2.05) is 23.5 Å². The van der Waals surface area contributed by atoms with E-state index in [-0.39, 0.29) is 0 Å². The molecule has 0 saturated carbocycles. The fraction of sp³-hybridized carbons (Fsp3) is 1.00. The number of hydrogen-bond acceptors (Lipinski definition) is 4. The van der Waals surface area contributed by atoms with Crippen LogP contribution in [0.5, 0.6) is 0 Å². The van der Waals surface area contributed by atoms with Gasteiger partial charge in [0.1, 0.15) is 0 Å². The molecule has 70 valence electrons. The first-order chi connectivity index (χ1) is 5.95. The van der Waals surface area contributed by atoms with Gasteiger partial charge in [0.15, 0.2) is 0 Å². The first-order valence-corrected chi connectivity index (χ1v) is 6.43. The predicted octanol–water partition coefficient (Wildman–Crippen LogP) is 1.25. The molecule has 2 atom stereocenters. The molecule has 0 N–H and O–H groups in total. The maximum Gasteiger partial charge on any atom is 0.0701 e. The van der Waals surface area contributed by atoms with Crippen molar-refractivity contribution in [2.75, 3.05) is 37.9 Å². The van der Waals surface area contributed by atoms with E-state index < -0.39 is 0 Å². The number of ether oxygens (including phenoxy) is 2. The lowest BCUT2D eigenvalue weighted by Crippen LogP contribution is -2.10. The third-order valence-corrected chi connectivity index (χ3v) is 3.67. The van der Waals surface area contributed by atoms with Gasteiger partial charge in [-0.1, -0.05) is 0 Å². The van der Waals surface area contributed by atoms with E-state index in [9.17, 15) is 0 Å². The van der Waals surface area contributed by atoms with Crippen LogP contribution in [0, 0.1) is 0 Å². The van der Waals surface area contributed by atoms with Crippen LogP contribution in [-0.4, -0.2) is 48.4 Å². The highest BCUT2D eigenvalue weighted by Crippen LogP contribution is 2.30. The predicted molar refractivity (Wildman–Crippen MR) is 54.1 cm³/mol. The summed E-state index contributed by atoms with van der Waals surface area (Å²) >= 11 is 3.96. The minimum Gasteiger partial charge on any atom is -0.378 e. The van der Waals surface area contributed by atoms with Crippen molar-refractivity contribution in [1.29, 1.82) is 0 Å². The Hall–Kier alpha value is 0.620. The van der Waals surface area contributed by atoms with E-state index in [0.29, 0.717) is 0 Å². The van der Waals surface area contributed by atoms with Gasteiger partial charge in [0.25, 0.3) is 0 Å². The summed E-state index contributed by atoms with van der Waals surface area (Å²) in [6.07, 6.45) is 0. The Labute approximate surface area is 81.8 Å². The third kappa shape index (κ3) is 4.03. The summed E-state index contributed by atoms with van der Waals surface area (Å²) in [5.41, 5.74) is 0. The van der Waals surface area contributed by atoms with E-state index in [0.717, 1.165) is 36.9 Å². The molecule has 0 radical (unpaired) electrons. The van der Waals surface area contributed by atoms with Gasteiger partial charge in [-0.15, -0.1) is 0 Å². The molecule has 2 unspecified atom stereocenters. The highest BCUT2D eigenvalue weighted by molar-refractivity contribution is 8.07. The molecule has 0 aromatic rings. The molecule has 0 aromatic heterocycles. The van der Waals surface area contributed by atoms with Crippen LogP contribution >= 0.6 is 23.5 Å². The minimum absolute atomic E-state index is 0.772. The molecule has 12 heavy (non-hydrogen) atoms. The summed E-state index contributed by atoms with van der Waals surface area (Å²) < 4.78 is 10.8. The van der Waals surface area contributed by atoms with Gasteiger partial charge < -0.3 is 9.47 Å². The fourth-order valence-electron chi connectivity index (χ4n) is 0.876. The van der Waals surface area contributed by atoms with Crippen LogP contribution in [-0.2, 0) is 9.47 Å². The standard InChI is InChI=1S/C8H14O2S2/c1(9-3-7-5-11-7)2-10-4-8-6-12-8/h7-8H,1-6H2. The molecular formula is C8H14O2S2. The van der Waals surface area contributed by atoms with Crippen molar-refractivity contribution < 1.29 is 9.47 Å². The summed E-state index contributed by atoms with van der Waals surface area (Å²) in [7, 11) is 0. The fourth-order valence-corrected chi connectivity index (χ4v) is 1.73. The lowest BCUT2D eigenvalue weighted by molar-refractivity contribution is 0.0540. The molecule has 0 aromatic carbocycles. The molecular weight excluding hydrogens is 192 g/mol. The zero-order valence-corrected chi connectivity index (χ0v) is 8.66. The van der Waals surface area contributed by atoms with E-state index in [4.69, 9.17) is 9.47 Å². The lowest BCUT2D eigenvalue weighted by Gasteiger charge is -2.02. The van der Waals surface area contributed by atoms with Crippen molar-refractivity contribution in [1.82, 2.24) is 0 Å². The van der Waals surface area contributed by atoms with Gasteiger partial charge in [-0.25, -0.2) is 0 Å². The van der Waals surface area contributed by atoms with Crippen molar-refractivity contribution in [2.24, 2.45) is 0 Å². The molecule has 2 saturated heterocycles. The Morgan fingerprint density at radius 1 is 0.917 bits per heavy atom. The summed E-state index contributed by atoms with van der Waals surface area (Å²) in [6, 6.07) is 0. The van der Waals surface area contributed by atoms with E-state index in [1.54, 1.807) is 0 Å². The van der Waals surface area contributed by atoms with Crippen molar-refractivity contribution in [3.05, 3.63) is 0 Å². The van der Waals surface area contributed by atoms with Crippen LogP contribution in [0.15, 0.2) is 0 Å². The van der Waals surface area contributed by atoms with Gasteiger partial charge in [-0.2, -0.15) is 23.5 Å². The van der Waals surface area contributed by atoms with Crippen molar-refractivity contribution in [3.8, 4) is 0 Å². The van der Waals surface area contributed by atoms with Crippen molar-refractivity contribution >= 4 is 23.5 Å². The van der Waals surface area contributed by atoms with E-state index in [1.165, 1.54) is 11.5 Å². The Bertz CT molecular complexity index is 119. The Balaban J connectivity index is 1.31. The molecule has 2 nitrogen and oxygen atoms in total. The Kier molecular flexibility index (Phi) is 3.63. The molecule has 2 heterocycles. The average molecular weight is 206 g/mol. The van der Waals surface area contributed by atoms with Gasteiger partial charge in [-0.3, -0.25) is 0 Å². The number of rotatable bonds is 7. The normalized spacial score (nSPS) is 32.0. The SMILES string of the molecule is C(COCC1CS1)OCC1CS1. The molecule has 0 amide bonds. The van der Waals surface area contributed by atoms with Crippen molar-refractivity contribution in [3.63, 3.8) is 0 Å². The zero-order valence-electron chi connectivity index (χ0n) is 7.03. The smallest absolute Gasteiger partial charge is 0.0701 e. The van der Waals surface area contributed by atoms with Gasteiger partial charge in [0.05, 0.1) is 26.4 Å². The van der Waals surface area contributed by atoms with Crippen LogP contribution < -0.4 is 0 Å². The summed E-state index contributed by atoms with van der Waals surface area (Å²) in [4.78, 5) is 0. The lowest BCUT2D eigenvalue weighted by atomic mass is 10.5. The van der Waals surface area contributed by atoms with Gasteiger partial charge in [-0.05, 0) is 0 Å². The maximum atomic E-state index is 5.41. The average Bonchev–Trinajstić information content (AvgIpc) is 2.89. The van der Waals surface area contributed by atoms with E-state index >= 15 is 0 Å². The minimum atomic E-state index is 0.772. The van der Waals surface area contributed by atoms with Gasteiger partial charge in [0, 0.05) is 22.0 Å². The highest BCUT2D eigenvalue weighted by atomic mass is 32.2. The Morgan fingerprint density at radius 3 is 1.67 bits per heavy atom. The van der Waals surface area contributed by atoms with Crippen LogP contribution in [0.4, 0.5) is 0 Å². The second kappa shape index (κ2) is 4.74. The monoisotopic (exact) mass is 206 g/mol. The molecule has 2 aliphatic rings.